The lowest BCUT2D eigenvalue weighted by Gasteiger charge is -2.15. The van der Waals surface area contributed by atoms with Crippen LogP contribution in [0.25, 0.3) is 0 Å². The highest BCUT2D eigenvalue weighted by molar-refractivity contribution is 5.94. The lowest BCUT2D eigenvalue weighted by molar-refractivity contribution is -0.148. The molecule has 1 saturated carbocycles. The second-order valence-electron chi connectivity index (χ2n) is 6.57. The molecular formula is C18H17F4N5O3. The maximum absolute atomic E-state index is 12.8. The normalized spacial score (nSPS) is 13.8. The van der Waals surface area contributed by atoms with Crippen molar-refractivity contribution in [3.05, 3.63) is 41.9 Å². The number of aromatic nitrogens is 3. The molecule has 0 aromatic carbocycles. The van der Waals surface area contributed by atoms with Gasteiger partial charge in [-0.2, -0.15) is 8.78 Å². The van der Waals surface area contributed by atoms with Gasteiger partial charge in [0, 0.05) is 30.9 Å². The Morgan fingerprint density at radius 1 is 1.20 bits per heavy atom. The molecule has 160 valence electrons. The lowest BCUT2D eigenvalue weighted by Crippen LogP contribution is -2.33. The van der Waals surface area contributed by atoms with E-state index in [0.717, 1.165) is 12.8 Å². The van der Waals surface area contributed by atoms with Crippen molar-refractivity contribution in [2.24, 2.45) is 5.92 Å². The molecule has 12 heteroatoms. The summed E-state index contributed by atoms with van der Waals surface area (Å²) < 4.78 is 54.4. The van der Waals surface area contributed by atoms with Crippen molar-refractivity contribution in [3.8, 4) is 5.88 Å². The van der Waals surface area contributed by atoms with Crippen molar-refractivity contribution < 1.29 is 31.9 Å². The fourth-order valence-electron chi connectivity index (χ4n) is 2.21. The second kappa shape index (κ2) is 9.01. The quantitative estimate of drug-likeness (QED) is 0.596. The molecule has 2 amide bonds. The van der Waals surface area contributed by atoms with E-state index < -0.39 is 24.9 Å². The molecule has 0 unspecified atom stereocenters. The largest absolute Gasteiger partial charge is 0.471 e. The molecule has 1 aliphatic rings. The Hall–Kier alpha value is -3.31. The number of nitrogens with zero attached hydrogens (tertiary/aromatic N) is 3. The third-order valence-corrected chi connectivity index (χ3v) is 4.05. The third kappa shape index (κ3) is 5.84. The first kappa shape index (κ1) is 21.4. The molecule has 0 aliphatic heterocycles. The maximum Gasteiger partial charge on any atom is 0.340 e. The highest BCUT2D eigenvalue weighted by Crippen LogP contribution is 2.29. The van der Waals surface area contributed by atoms with Gasteiger partial charge in [-0.05, 0) is 24.5 Å². The van der Waals surface area contributed by atoms with Gasteiger partial charge in [0.2, 0.25) is 17.7 Å². The SMILES string of the molecule is O=C(NCc1ccc(OCC(F)(F)C(F)F)nc1)c1ccnc(NC(=O)C2CC2)n1. The van der Waals surface area contributed by atoms with Gasteiger partial charge >= 0.3 is 12.3 Å². The number of pyridine rings is 1. The van der Waals surface area contributed by atoms with E-state index in [-0.39, 0.29) is 35.9 Å². The summed E-state index contributed by atoms with van der Waals surface area (Å²) in [5, 5.41) is 5.12. The third-order valence-electron chi connectivity index (χ3n) is 4.05. The number of amides is 2. The highest BCUT2D eigenvalue weighted by atomic mass is 19.3. The number of carbonyl (C=O) groups excluding carboxylic acids is 2. The number of alkyl halides is 4. The van der Waals surface area contributed by atoms with E-state index in [9.17, 15) is 27.2 Å². The molecule has 0 bridgehead atoms. The molecule has 2 aromatic heterocycles. The van der Waals surface area contributed by atoms with Crippen LogP contribution in [0.4, 0.5) is 23.5 Å². The van der Waals surface area contributed by atoms with Crippen molar-refractivity contribution in [2.45, 2.75) is 31.7 Å². The van der Waals surface area contributed by atoms with Crippen molar-refractivity contribution in [3.63, 3.8) is 0 Å². The van der Waals surface area contributed by atoms with E-state index in [2.05, 4.69) is 30.3 Å². The topological polar surface area (TPSA) is 106 Å². The standard InChI is InChI=1S/C18H17F4N5O3/c19-16(20)18(21,22)9-30-13-4-1-10(7-24-13)8-25-15(29)12-5-6-23-17(26-12)27-14(28)11-2-3-11/h1,4-7,11,16H,2-3,8-9H2,(H,25,29)(H,23,26,27,28). The zero-order chi connectivity index (χ0) is 21.7. The van der Waals surface area contributed by atoms with Crippen LogP contribution in [-0.4, -0.2) is 45.7 Å². The van der Waals surface area contributed by atoms with Gasteiger partial charge in [-0.15, -0.1) is 0 Å². The lowest BCUT2D eigenvalue weighted by atomic mass is 10.2. The number of hydrogen-bond acceptors (Lipinski definition) is 6. The number of rotatable bonds is 9. The number of nitrogens with one attached hydrogen (secondary N) is 2. The van der Waals surface area contributed by atoms with E-state index in [1.807, 2.05) is 0 Å². The maximum atomic E-state index is 12.8. The molecule has 2 heterocycles. The predicted molar refractivity (Wildman–Crippen MR) is 95.2 cm³/mol. The summed E-state index contributed by atoms with van der Waals surface area (Å²) in [6.45, 7) is -1.46. The van der Waals surface area contributed by atoms with Gasteiger partial charge in [0.25, 0.3) is 5.91 Å². The van der Waals surface area contributed by atoms with Crippen molar-refractivity contribution >= 4 is 17.8 Å². The van der Waals surface area contributed by atoms with Crippen molar-refractivity contribution in [1.29, 1.82) is 0 Å². The van der Waals surface area contributed by atoms with Crippen LogP contribution in [-0.2, 0) is 11.3 Å². The molecule has 0 atom stereocenters. The summed E-state index contributed by atoms with van der Waals surface area (Å²) in [6, 6.07) is 4.03. The average molecular weight is 427 g/mol. The molecule has 0 saturated heterocycles. The number of anilines is 1. The van der Waals surface area contributed by atoms with Gasteiger partial charge in [0.1, 0.15) is 5.69 Å². The van der Waals surface area contributed by atoms with Crippen molar-refractivity contribution in [2.75, 3.05) is 11.9 Å². The fraction of sp³-hybridized carbons (Fsp3) is 0.389. The minimum Gasteiger partial charge on any atom is -0.471 e. The Bertz CT molecular complexity index is 907. The number of hydrogen-bond donors (Lipinski definition) is 2. The zero-order valence-electron chi connectivity index (χ0n) is 15.4. The summed E-state index contributed by atoms with van der Waals surface area (Å²) in [5.74, 6) is -5.25. The van der Waals surface area contributed by atoms with Crippen LogP contribution in [0.2, 0.25) is 0 Å². The smallest absolute Gasteiger partial charge is 0.340 e. The molecule has 0 radical (unpaired) electrons. The van der Waals surface area contributed by atoms with E-state index in [4.69, 9.17) is 0 Å². The zero-order valence-corrected chi connectivity index (χ0v) is 15.4. The molecule has 8 nitrogen and oxygen atoms in total. The van der Waals surface area contributed by atoms with Gasteiger partial charge in [-0.1, -0.05) is 6.07 Å². The Labute approximate surface area is 168 Å². The van der Waals surface area contributed by atoms with Crippen LogP contribution >= 0.6 is 0 Å². The molecule has 0 spiro atoms. The number of ether oxygens (including phenoxy) is 1. The second-order valence-corrected chi connectivity index (χ2v) is 6.57. The molecule has 1 aliphatic carbocycles. The molecule has 2 N–H and O–H groups in total. The highest BCUT2D eigenvalue weighted by Gasteiger charge is 2.41. The van der Waals surface area contributed by atoms with E-state index in [1.54, 1.807) is 0 Å². The Kier molecular flexibility index (Phi) is 6.43. The minimum absolute atomic E-state index is 0.0308. The summed E-state index contributed by atoms with van der Waals surface area (Å²) in [5.41, 5.74) is 0.547. The summed E-state index contributed by atoms with van der Waals surface area (Å²) in [7, 11) is 0. The van der Waals surface area contributed by atoms with E-state index >= 15 is 0 Å². The van der Waals surface area contributed by atoms with Gasteiger partial charge < -0.3 is 10.1 Å². The predicted octanol–water partition coefficient (Wildman–Crippen LogP) is 2.43. The van der Waals surface area contributed by atoms with Gasteiger partial charge in [-0.3, -0.25) is 14.9 Å². The van der Waals surface area contributed by atoms with Crippen LogP contribution < -0.4 is 15.4 Å². The fourth-order valence-corrected chi connectivity index (χ4v) is 2.21. The van der Waals surface area contributed by atoms with Crippen LogP contribution in [0.15, 0.2) is 30.6 Å². The van der Waals surface area contributed by atoms with Gasteiger partial charge in [-0.25, -0.2) is 23.7 Å². The Balaban J connectivity index is 1.50. The summed E-state index contributed by atoms with van der Waals surface area (Å²) >= 11 is 0. The number of halogens is 4. The van der Waals surface area contributed by atoms with Gasteiger partial charge in [0.05, 0.1) is 0 Å². The molecule has 2 aromatic rings. The monoisotopic (exact) mass is 427 g/mol. The van der Waals surface area contributed by atoms with Crippen LogP contribution in [0.1, 0.15) is 28.9 Å². The van der Waals surface area contributed by atoms with E-state index in [0.29, 0.717) is 5.56 Å². The minimum atomic E-state index is -4.27. The molecule has 1 fully saturated rings. The van der Waals surface area contributed by atoms with Crippen LogP contribution in [0, 0.1) is 5.92 Å². The van der Waals surface area contributed by atoms with Crippen LogP contribution in [0.5, 0.6) is 5.88 Å². The van der Waals surface area contributed by atoms with Crippen molar-refractivity contribution in [1.82, 2.24) is 20.3 Å². The summed E-state index contributed by atoms with van der Waals surface area (Å²) in [6.07, 6.45) is 0.387. The molecular weight excluding hydrogens is 410 g/mol. The molecule has 30 heavy (non-hydrogen) atoms. The first-order valence-electron chi connectivity index (χ1n) is 8.90. The van der Waals surface area contributed by atoms with Crippen LogP contribution in [0.3, 0.4) is 0 Å². The average Bonchev–Trinajstić information content (AvgIpc) is 3.57. The number of carbonyl (C=O) groups is 2. The van der Waals surface area contributed by atoms with Gasteiger partial charge in [0.15, 0.2) is 6.61 Å². The summed E-state index contributed by atoms with van der Waals surface area (Å²) in [4.78, 5) is 35.6. The Morgan fingerprint density at radius 3 is 2.60 bits per heavy atom. The first-order valence-corrected chi connectivity index (χ1v) is 8.90. The first-order chi connectivity index (χ1) is 14.2. The van der Waals surface area contributed by atoms with E-state index in [1.165, 1.54) is 30.6 Å². The molecule has 3 rings (SSSR count). The Morgan fingerprint density at radius 2 is 1.97 bits per heavy atom.